The topological polar surface area (TPSA) is 28.7 Å². The molecule has 2 rings (SSSR count). The summed E-state index contributed by atoms with van der Waals surface area (Å²) in [6.07, 6.45) is 0.666. The number of nitrogens with one attached hydrogen (secondary N) is 1. The summed E-state index contributed by atoms with van der Waals surface area (Å²) < 4.78 is 26.6. The van der Waals surface area contributed by atoms with Crippen LogP contribution in [0.25, 0.3) is 10.9 Å². The first-order valence-electron chi connectivity index (χ1n) is 4.46. The first-order chi connectivity index (χ1) is 6.65. The first kappa shape index (κ1) is 9.12. The molecular formula is C10H10F2N2. The molecule has 0 saturated heterocycles. The molecule has 0 unspecified atom stereocenters. The Balaban J connectivity index is 2.94. The van der Waals surface area contributed by atoms with E-state index in [-0.39, 0.29) is 10.9 Å². The monoisotopic (exact) mass is 196 g/mol. The number of aromatic nitrogens is 2. The molecular weight excluding hydrogens is 186 g/mol. The van der Waals surface area contributed by atoms with Gasteiger partial charge in [-0.2, -0.15) is 9.49 Å². The van der Waals surface area contributed by atoms with Gasteiger partial charge < -0.3 is 0 Å². The summed E-state index contributed by atoms with van der Waals surface area (Å²) >= 11 is 0. The Labute approximate surface area is 79.9 Å². The third-order valence-electron chi connectivity index (χ3n) is 2.42. The lowest BCUT2D eigenvalue weighted by Gasteiger charge is -2.04. The lowest BCUT2D eigenvalue weighted by molar-refractivity contribution is 0.587. The Morgan fingerprint density at radius 1 is 1.43 bits per heavy atom. The van der Waals surface area contributed by atoms with Crippen LogP contribution < -0.4 is 0 Å². The van der Waals surface area contributed by atoms with Crippen molar-refractivity contribution in [2.75, 3.05) is 0 Å². The van der Waals surface area contributed by atoms with Gasteiger partial charge in [-0.05, 0) is 30.5 Å². The van der Waals surface area contributed by atoms with Crippen LogP contribution in [0.2, 0.25) is 0 Å². The van der Waals surface area contributed by atoms with Crippen LogP contribution in [-0.2, 0) is 6.42 Å². The van der Waals surface area contributed by atoms with Crippen LogP contribution in [0.5, 0.6) is 0 Å². The summed E-state index contributed by atoms with van der Waals surface area (Å²) in [6.45, 7) is 3.68. The molecule has 14 heavy (non-hydrogen) atoms. The number of benzene rings is 1. The quantitative estimate of drug-likeness (QED) is 0.746. The molecule has 0 amide bonds. The van der Waals surface area contributed by atoms with Gasteiger partial charge >= 0.3 is 0 Å². The summed E-state index contributed by atoms with van der Waals surface area (Å²) in [5.74, 6) is -1.03. The zero-order chi connectivity index (χ0) is 10.3. The van der Waals surface area contributed by atoms with Crippen LogP contribution >= 0.6 is 0 Å². The van der Waals surface area contributed by atoms with Crippen molar-refractivity contribution in [2.24, 2.45) is 0 Å². The smallest absolute Gasteiger partial charge is 0.217 e. The lowest BCUT2D eigenvalue weighted by Crippen LogP contribution is -1.92. The molecule has 2 nitrogen and oxygen atoms in total. The maximum atomic E-state index is 13.3. The molecule has 2 aromatic rings. The molecule has 1 N–H and O–H groups in total. The average molecular weight is 196 g/mol. The summed E-state index contributed by atoms with van der Waals surface area (Å²) in [5, 5.41) is 6.04. The second kappa shape index (κ2) is 3.04. The van der Waals surface area contributed by atoms with E-state index >= 15 is 0 Å². The van der Waals surface area contributed by atoms with E-state index < -0.39 is 11.8 Å². The number of nitrogens with zero attached hydrogens (tertiary/aromatic N) is 1. The highest BCUT2D eigenvalue weighted by atomic mass is 19.1. The molecule has 0 aliphatic carbocycles. The van der Waals surface area contributed by atoms with E-state index in [1.54, 1.807) is 6.92 Å². The second-order valence-corrected chi connectivity index (χ2v) is 3.27. The van der Waals surface area contributed by atoms with Crippen molar-refractivity contribution in [3.05, 3.63) is 29.0 Å². The second-order valence-electron chi connectivity index (χ2n) is 3.27. The summed E-state index contributed by atoms with van der Waals surface area (Å²) in [7, 11) is 0. The van der Waals surface area contributed by atoms with Gasteiger partial charge in [-0.25, -0.2) is 4.39 Å². The van der Waals surface area contributed by atoms with Crippen LogP contribution in [0.1, 0.15) is 18.1 Å². The number of halogens is 2. The molecule has 0 atom stereocenters. The zero-order valence-electron chi connectivity index (χ0n) is 7.99. The minimum atomic E-state index is -0.556. The number of hydrogen-bond donors (Lipinski definition) is 1. The van der Waals surface area contributed by atoms with Gasteiger partial charge in [0.25, 0.3) is 0 Å². The number of rotatable bonds is 1. The fourth-order valence-electron chi connectivity index (χ4n) is 1.77. The molecule has 0 spiro atoms. The highest BCUT2D eigenvalue weighted by Gasteiger charge is 2.15. The van der Waals surface area contributed by atoms with E-state index in [0.29, 0.717) is 6.42 Å². The van der Waals surface area contributed by atoms with Gasteiger partial charge in [-0.1, -0.05) is 6.92 Å². The maximum Gasteiger partial charge on any atom is 0.217 e. The van der Waals surface area contributed by atoms with Crippen molar-refractivity contribution in [3.63, 3.8) is 0 Å². The van der Waals surface area contributed by atoms with E-state index in [9.17, 15) is 8.78 Å². The van der Waals surface area contributed by atoms with Crippen LogP contribution in [-0.4, -0.2) is 10.2 Å². The van der Waals surface area contributed by atoms with Crippen molar-refractivity contribution < 1.29 is 8.78 Å². The highest BCUT2D eigenvalue weighted by molar-refractivity contribution is 5.84. The standard InChI is InChI=1S/C10H10F2N2/c1-3-6-5(2)4-7(11)9-8(6)10(12)14-13-9/h4H,3H2,1-2H3,(H,13,14). The Hall–Kier alpha value is -1.45. The summed E-state index contributed by atoms with van der Waals surface area (Å²) in [4.78, 5) is 0. The van der Waals surface area contributed by atoms with E-state index in [1.165, 1.54) is 6.07 Å². The van der Waals surface area contributed by atoms with Crippen LogP contribution in [0.4, 0.5) is 8.78 Å². The third-order valence-corrected chi connectivity index (χ3v) is 2.42. The molecule has 0 fully saturated rings. The molecule has 0 aliphatic heterocycles. The van der Waals surface area contributed by atoms with Crippen molar-refractivity contribution in [3.8, 4) is 0 Å². The predicted octanol–water partition coefficient (Wildman–Crippen LogP) is 2.71. The van der Waals surface area contributed by atoms with Crippen molar-refractivity contribution in [1.29, 1.82) is 0 Å². The van der Waals surface area contributed by atoms with Crippen molar-refractivity contribution in [1.82, 2.24) is 10.2 Å². The predicted molar refractivity (Wildman–Crippen MR) is 50.1 cm³/mol. The molecule has 1 heterocycles. The Kier molecular flexibility index (Phi) is 1.98. The number of aromatic amines is 1. The fourth-order valence-corrected chi connectivity index (χ4v) is 1.77. The summed E-state index contributed by atoms with van der Waals surface area (Å²) in [5.41, 5.74) is 1.66. The van der Waals surface area contributed by atoms with Crippen LogP contribution in [0, 0.1) is 18.7 Å². The molecule has 0 bridgehead atoms. The largest absolute Gasteiger partial charge is 0.252 e. The SMILES string of the molecule is CCc1c(C)cc(F)c2n[nH]c(F)c12. The van der Waals surface area contributed by atoms with Gasteiger partial charge in [0.05, 0.1) is 5.39 Å². The van der Waals surface area contributed by atoms with E-state index in [1.807, 2.05) is 6.92 Å². The number of hydrogen-bond acceptors (Lipinski definition) is 1. The van der Waals surface area contributed by atoms with Gasteiger partial charge in [0.1, 0.15) is 5.52 Å². The van der Waals surface area contributed by atoms with Crippen molar-refractivity contribution >= 4 is 10.9 Å². The Bertz CT molecular complexity index is 488. The molecule has 0 aliphatic rings. The zero-order valence-corrected chi connectivity index (χ0v) is 7.99. The van der Waals surface area contributed by atoms with Crippen molar-refractivity contribution in [2.45, 2.75) is 20.3 Å². The molecule has 1 aromatic heterocycles. The van der Waals surface area contributed by atoms with Crippen LogP contribution in [0.3, 0.4) is 0 Å². The highest BCUT2D eigenvalue weighted by Crippen LogP contribution is 2.25. The van der Waals surface area contributed by atoms with Gasteiger partial charge in [-0.15, -0.1) is 0 Å². The average Bonchev–Trinajstić information content (AvgIpc) is 2.50. The molecule has 0 radical (unpaired) electrons. The normalized spacial score (nSPS) is 11.1. The molecule has 74 valence electrons. The molecule has 1 aromatic carbocycles. The van der Waals surface area contributed by atoms with Gasteiger partial charge in [0, 0.05) is 0 Å². The fraction of sp³-hybridized carbons (Fsp3) is 0.300. The lowest BCUT2D eigenvalue weighted by atomic mass is 10.0. The minimum Gasteiger partial charge on any atom is -0.252 e. The minimum absolute atomic E-state index is 0.0879. The van der Waals surface area contributed by atoms with E-state index in [4.69, 9.17) is 0 Å². The number of H-pyrrole nitrogens is 1. The van der Waals surface area contributed by atoms with Gasteiger partial charge in [0.15, 0.2) is 5.82 Å². The first-order valence-corrected chi connectivity index (χ1v) is 4.46. The van der Waals surface area contributed by atoms with E-state index in [2.05, 4.69) is 10.2 Å². The van der Waals surface area contributed by atoms with E-state index in [0.717, 1.165) is 11.1 Å². The van der Waals surface area contributed by atoms with Crippen LogP contribution in [0.15, 0.2) is 6.07 Å². The molecule has 0 saturated carbocycles. The number of fused-ring (bicyclic) bond motifs is 1. The van der Waals surface area contributed by atoms with Gasteiger partial charge in [-0.3, -0.25) is 5.10 Å². The Morgan fingerprint density at radius 3 is 2.79 bits per heavy atom. The third kappa shape index (κ3) is 1.10. The number of aryl methyl sites for hydroxylation is 2. The molecule has 4 heteroatoms. The van der Waals surface area contributed by atoms with Gasteiger partial charge in [0.2, 0.25) is 5.95 Å². The maximum absolute atomic E-state index is 13.3. The Morgan fingerprint density at radius 2 is 2.14 bits per heavy atom. The summed E-state index contributed by atoms with van der Waals surface area (Å²) in [6, 6.07) is 1.39.